The summed E-state index contributed by atoms with van der Waals surface area (Å²) < 4.78 is 11.3. The Kier molecular flexibility index (Phi) is 3.67. The van der Waals surface area contributed by atoms with Crippen molar-refractivity contribution in [2.45, 2.75) is 38.4 Å². The Labute approximate surface area is 113 Å². The smallest absolute Gasteiger partial charge is 0.141 e. The van der Waals surface area contributed by atoms with Gasteiger partial charge in [-0.15, -0.1) is 0 Å². The van der Waals surface area contributed by atoms with Gasteiger partial charge in [0.05, 0.1) is 18.8 Å². The third-order valence-corrected chi connectivity index (χ3v) is 4.27. The average Bonchev–Trinajstić information content (AvgIpc) is 2.85. The van der Waals surface area contributed by atoms with Gasteiger partial charge in [-0.05, 0) is 30.9 Å². The number of benzene rings is 1. The minimum Gasteiger partial charge on any atom is -0.378 e. The Morgan fingerprint density at radius 3 is 2.89 bits per heavy atom. The van der Waals surface area contributed by atoms with Gasteiger partial charge >= 0.3 is 0 Å². The van der Waals surface area contributed by atoms with Gasteiger partial charge in [-0.1, -0.05) is 24.3 Å². The van der Waals surface area contributed by atoms with Crippen molar-refractivity contribution in [1.29, 1.82) is 0 Å². The summed E-state index contributed by atoms with van der Waals surface area (Å²) in [5.41, 5.74) is 2.51. The first-order valence-electron chi connectivity index (χ1n) is 7.09. The van der Waals surface area contributed by atoms with Gasteiger partial charge in [0.1, 0.15) is 5.78 Å². The van der Waals surface area contributed by atoms with Crippen LogP contribution in [0, 0.1) is 5.92 Å². The molecule has 3 nitrogen and oxygen atoms in total. The Bertz CT molecular complexity index is 469. The van der Waals surface area contributed by atoms with Gasteiger partial charge in [0.25, 0.3) is 0 Å². The summed E-state index contributed by atoms with van der Waals surface area (Å²) in [5.74, 6) is 0.337. The van der Waals surface area contributed by atoms with Crippen LogP contribution in [0.5, 0.6) is 0 Å². The van der Waals surface area contributed by atoms with Crippen molar-refractivity contribution in [3.63, 3.8) is 0 Å². The molecule has 2 aliphatic heterocycles. The molecular weight excluding hydrogens is 240 g/mol. The number of rotatable bonds is 3. The molecule has 1 saturated heterocycles. The lowest BCUT2D eigenvalue weighted by molar-refractivity contribution is -0.127. The number of hydrogen-bond acceptors (Lipinski definition) is 3. The van der Waals surface area contributed by atoms with Gasteiger partial charge in [-0.25, -0.2) is 0 Å². The monoisotopic (exact) mass is 260 g/mol. The van der Waals surface area contributed by atoms with Gasteiger partial charge < -0.3 is 9.47 Å². The zero-order valence-electron chi connectivity index (χ0n) is 11.3. The lowest BCUT2D eigenvalue weighted by Gasteiger charge is -2.26. The van der Waals surface area contributed by atoms with Crippen molar-refractivity contribution in [3.8, 4) is 0 Å². The van der Waals surface area contributed by atoms with Crippen molar-refractivity contribution in [1.82, 2.24) is 0 Å². The molecule has 3 unspecified atom stereocenters. The van der Waals surface area contributed by atoms with Crippen LogP contribution in [0.4, 0.5) is 0 Å². The highest BCUT2D eigenvalue weighted by Gasteiger charge is 2.33. The molecule has 2 heterocycles. The second-order valence-corrected chi connectivity index (χ2v) is 5.45. The van der Waals surface area contributed by atoms with E-state index >= 15 is 0 Å². The maximum Gasteiger partial charge on any atom is 0.141 e. The Hall–Kier alpha value is -1.19. The highest BCUT2D eigenvalue weighted by Crippen LogP contribution is 2.32. The van der Waals surface area contributed by atoms with E-state index in [2.05, 4.69) is 18.2 Å². The van der Waals surface area contributed by atoms with Crippen LogP contribution in [-0.4, -0.2) is 25.1 Å². The van der Waals surface area contributed by atoms with Crippen LogP contribution in [0.3, 0.4) is 0 Å². The van der Waals surface area contributed by atoms with Gasteiger partial charge in [-0.2, -0.15) is 0 Å². The third-order valence-electron chi connectivity index (χ3n) is 4.27. The summed E-state index contributed by atoms with van der Waals surface area (Å²) in [6.45, 7) is 3.41. The molecule has 19 heavy (non-hydrogen) atoms. The SMILES string of the molecule is CC1OCCC1C(=O)CC1OCCc2ccccc21. The summed E-state index contributed by atoms with van der Waals surface area (Å²) in [6.07, 6.45) is 2.28. The van der Waals surface area contributed by atoms with Crippen LogP contribution in [-0.2, 0) is 20.7 Å². The van der Waals surface area contributed by atoms with E-state index in [1.165, 1.54) is 11.1 Å². The van der Waals surface area contributed by atoms with Crippen LogP contribution in [0.1, 0.15) is 37.0 Å². The Morgan fingerprint density at radius 1 is 1.26 bits per heavy atom. The highest BCUT2D eigenvalue weighted by atomic mass is 16.5. The minimum atomic E-state index is -0.0646. The number of ketones is 1. The van der Waals surface area contributed by atoms with Gasteiger partial charge in [0, 0.05) is 18.9 Å². The zero-order chi connectivity index (χ0) is 13.2. The lowest BCUT2D eigenvalue weighted by atomic mass is 9.89. The van der Waals surface area contributed by atoms with Crippen molar-refractivity contribution < 1.29 is 14.3 Å². The molecule has 0 radical (unpaired) electrons. The van der Waals surface area contributed by atoms with E-state index < -0.39 is 0 Å². The molecule has 2 aliphatic rings. The maximum atomic E-state index is 12.4. The maximum absolute atomic E-state index is 12.4. The first kappa shape index (κ1) is 12.8. The predicted molar refractivity (Wildman–Crippen MR) is 72.0 cm³/mol. The summed E-state index contributed by atoms with van der Waals surface area (Å²) in [5, 5.41) is 0. The predicted octanol–water partition coefficient (Wildman–Crippen LogP) is 2.68. The van der Waals surface area contributed by atoms with Gasteiger partial charge in [0.2, 0.25) is 0 Å². The fraction of sp³-hybridized carbons (Fsp3) is 0.562. The molecule has 102 valence electrons. The molecule has 3 atom stereocenters. The van der Waals surface area contributed by atoms with E-state index in [1.807, 2.05) is 13.0 Å². The quantitative estimate of drug-likeness (QED) is 0.838. The number of ether oxygens (including phenoxy) is 2. The van der Waals surface area contributed by atoms with Crippen molar-refractivity contribution in [2.75, 3.05) is 13.2 Å². The van der Waals surface area contributed by atoms with Crippen LogP contribution < -0.4 is 0 Å². The fourth-order valence-corrected chi connectivity index (χ4v) is 3.13. The van der Waals surface area contributed by atoms with Crippen LogP contribution in [0.15, 0.2) is 24.3 Å². The van der Waals surface area contributed by atoms with E-state index in [0.29, 0.717) is 19.6 Å². The van der Waals surface area contributed by atoms with Crippen LogP contribution in [0.25, 0.3) is 0 Å². The molecule has 3 heteroatoms. The molecule has 0 aliphatic carbocycles. The largest absolute Gasteiger partial charge is 0.378 e. The van der Waals surface area contributed by atoms with Gasteiger partial charge in [0.15, 0.2) is 0 Å². The zero-order valence-corrected chi connectivity index (χ0v) is 11.3. The van der Waals surface area contributed by atoms with E-state index in [4.69, 9.17) is 9.47 Å². The number of carbonyl (C=O) groups excluding carboxylic acids is 1. The molecule has 0 amide bonds. The van der Waals surface area contributed by atoms with Crippen molar-refractivity contribution in [2.24, 2.45) is 5.92 Å². The molecular formula is C16H20O3. The van der Waals surface area contributed by atoms with E-state index in [-0.39, 0.29) is 23.9 Å². The van der Waals surface area contributed by atoms with Gasteiger partial charge in [-0.3, -0.25) is 4.79 Å². The van der Waals surface area contributed by atoms with E-state index in [0.717, 1.165) is 12.8 Å². The molecule has 3 rings (SSSR count). The third kappa shape index (κ3) is 2.58. The minimum absolute atomic E-state index is 0.0534. The molecule has 0 N–H and O–H groups in total. The molecule has 1 aromatic rings. The molecule has 0 saturated carbocycles. The molecule has 0 aromatic heterocycles. The first-order chi connectivity index (χ1) is 9.25. The first-order valence-corrected chi connectivity index (χ1v) is 7.09. The second kappa shape index (κ2) is 5.43. The van der Waals surface area contributed by atoms with Crippen molar-refractivity contribution in [3.05, 3.63) is 35.4 Å². The average molecular weight is 260 g/mol. The summed E-state index contributed by atoms with van der Waals surface area (Å²) in [6, 6.07) is 8.29. The Balaban J connectivity index is 1.72. The van der Waals surface area contributed by atoms with E-state index in [1.54, 1.807) is 0 Å². The summed E-state index contributed by atoms with van der Waals surface area (Å²) >= 11 is 0. The summed E-state index contributed by atoms with van der Waals surface area (Å²) in [7, 11) is 0. The highest BCUT2D eigenvalue weighted by molar-refractivity contribution is 5.82. The number of Topliss-reactive ketones (excluding diaryl/α,β-unsaturated/α-hetero) is 1. The molecule has 0 spiro atoms. The van der Waals surface area contributed by atoms with Crippen LogP contribution in [0.2, 0.25) is 0 Å². The number of hydrogen-bond donors (Lipinski definition) is 0. The van der Waals surface area contributed by atoms with Crippen LogP contribution >= 0.6 is 0 Å². The number of carbonyl (C=O) groups is 1. The standard InChI is InChI=1S/C16H20O3/c1-11-13(7-9-18-11)15(17)10-16-14-5-3-2-4-12(14)6-8-19-16/h2-5,11,13,16H,6-10H2,1H3. The van der Waals surface area contributed by atoms with Crippen molar-refractivity contribution >= 4 is 5.78 Å². The molecule has 1 fully saturated rings. The summed E-state index contributed by atoms with van der Waals surface area (Å²) in [4.78, 5) is 12.4. The number of fused-ring (bicyclic) bond motifs is 1. The topological polar surface area (TPSA) is 35.5 Å². The van der Waals surface area contributed by atoms with E-state index in [9.17, 15) is 4.79 Å². The molecule has 0 bridgehead atoms. The normalized spacial score (nSPS) is 30.1. The second-order valence-electron chi connectivity index (χ2n) is 5.45. The molecule has 1 aromatic carbocycles. The lowest BCUT2D eigenvalue weighted by Crippen LogP contribution is -2.26. The fourth-order valence-electron chi connectivity index (χ4n) is 3.13. The Morgan fingerprint density at radius 2 is 2.11 bits per heavy atom.